The summed E-state index contributed by atoms with van der Waals surface area (Å²) in [6.07, 6.45) is 2.39. The lowest BCUT2D eigenvalue weighted by molar-refractivity contribution is 0.467. The fourth-order valence-corrected chi connectivity index (χ4v) is 3.75. The predicted octanol–water partition coefficient (Wildman–Crippen LogP) is 5.18. The third-order valence-electron chi connectivity index (χ3n) is 4.87. The molecule has 4 rings (SSSR count). The lowest BCUT2D eigenvalue weighted by Crippen LogP contribution is -2.23. The summed E-state index contributed by atoms with van der Waals surface area (Å²) in [7, 11) is 0. The first-order chi connectivity index (χ1) is 10.8. The van der Waals surface area contributed by atoms with E-state index in [1.807, 2.05) is 0 Å². The van der Waals surface area contributed by atoms with Crippen molar-refractivity contribution in [3.8, 4) is 0 Å². The highest BCUT2D eigenvalue weighted by Gasteiger charge is 2.23. The van der Waals surface area contributed by atoms with Gasteiger partial charge in [0.15, 0.2) is 0 Å². The molecule has 1 aliphatic carbocycles. The Hall–Kier alpha value is -2.12. The second kappa shape index (κ2) is 5.58. The van der Waals surface area contributed by atoms with Crippen molar-refractivity contribution >= 4 is 10.8 Å². The molecule has 1 N–H and O–H groups in total. The molecule has 0 aliphatic heterocycles. The highest BCUT2D eigenvalue weighted by Crippen LogP contribution is 2.34. The lowest BCUT2D eigenvalue weighted by atomic mass is 9.98. The Morgan fingerprint density at radius 1 is 0.909 bits per heavy atom. The van der Waals surface area contributed by atoms with Gasteiger partial charge >= 0.3 is 0 Å². The Bertz CT molecular complexity index is 800. The molecule has 0 amide bonds. The van der Waals surface area contributed by atoms with Crippen LogP contribution in [-0.4, -0.2) is 0 Å². The maximum Gasteiger partial charge on any atom is 0.0331 e. The second-order valence-corrected chi connectivity index (χ2v) is 6.25. The molecule has 22 heavy (non-hydrogen) atoms. The fraction of sp³-hybridized carbons (Fsp3) is 0.238. The summed E-state index contributed by atoms with van der Waals surface area (Å²) >= 11 is 0. The molecule has 2 atom stereocenters. The molecule has 0 heterocycles. The number of hydrogen-bond acceptors (Lipinski definition) is 1. The Labute approximate surface area is 132 Å². The zero-order chi connectivity index (χ0) is 14.9. The number of rotatable bonds is 3. The van der Waals surface area contributed by atoms with E-state index in [0.717, 1.165) is 0 Å². The van der Waals surface area contributed by atoms with Crippen molar-refractivity contribution in [1.82, 2.24) is 5.32 Å². The van der Waals surface area contributed by atoms with Crippen molar-refractivity contribution in [2.45, 2.75) is 31.8 Å². The molecular formula is C21H21N. The van der Waals surface area contributed by atoms with Crippen LogP contribution in [0.3, 0.4) is 0 Å². The maximum atomic E-state index is 3.84. The van der Waals surface area contributed by atoms with Crippen LogP contribution in [0.2, 0.25) is 0 Å². The Kier molecular flexibility index (Phi) is 3.44. The van der Waals surface area contributed by atoms with E-state index in [1.54, 1.807) is 0 Å². The third-order valence-corrected chi connectivity index (χ3v) is 4.87. The van der Waals surface area contributed by atoms with Crippen LogP contribution in [0.15, 0.2) is 66.7 Å². The van der Waals surface area contributed by atoms with Gasteiger partial charge in [0.25, 0.3) is 0 Å². The Balaban J connectivity index is 1.64. The highest BCUT2D eigenvalue weighted by molar-refractivity contribution is 5.86. The molecule has 0 radical (unpaired) electrons. The number of aryl methyl sites for hydroxylation is 1. The molecule has 1 aliphatic rings. The Morgan fingerprint density at radius 3 is 2.64 bits per heavy atom. The van der Waals surface area contributed by atoms with Gasteiger partial charge in [0.1, 0.15) is 0 Å². The molecule has 110 valence electrons. The molecular weight excluding hydrogens is 266 g/mol. The summed E-state index contributed by atoms with van der Waals surface area (Å²) in [5, 5.41) is 6.52. The topological polar surface area (TPSA) is 12.0 Å². The number of fused-ring (bicyclic) bond motifs is 2. The number of nitrogens with one attached hydrogen (secondary N) is 1. The largest absolute Gasteiger partial charge is 0.303 e. The minimum Gasteiger partial charge on any atom is -0.303 e. The smallest absolute Gasteiger partial charge is 0.0331 e. The van der Waals surface area contributed by atoms with Gasteiger partial charge < -0.3 is 5.32 Å². The van der Waals surface area contributed by atoms with Crippen LogP contribution >= 0.6 is 0 Å². The summed E-state index contributed by atoms with van der Waals surface area (Å²) in [6.45, 7) is 2.28. The number of hydrogen-bond donors (Lipinski definition) is 1. The van der Waals surface area contributed by atoms with Crippen LogP contribution in [0.25, 0.3) is 10.8 Å². The van der Waals surface area contributed by atoms with Gasteiger partial charge in [-0.25, -0.2) is 0 Å². The third kappa shape index (κ3) is 2.32. The van der Waals surface area contributed by atoms with E-state index in [0.29, 0.717) is 12.1 Å². The first kappa shape index (κ1) is 13.5. The Morgan fingerprint density at radius 2 is 1.68 bits per heavy atom. The maximum absolute atomic E-state index is 3.84. The molecule has 1 unspecified atom stereocenters. The fourth-order valence-electron chi connectivity index (χ4n) is 3.75. The monoisotopic (exact) mass is 287 g/mol. The van der Waals surface area contributed by atoms with Crippen molar-refractivity contribution < 1.29 is 0 Å². The van der Waals surface area contributed by atoms with Gasteiger partial charge in [-0.1, -0.05) is 66.7 Å². The first-order valence-electron chi connectivity index (χ1n) is 8.14. The quantitative estimate of drug-likeness (QED) is 0.700. The van der Waals surface area contributed by atoms with Gasteiger partial charge in [0.05, 0.1) is 0 Å². The minimum absolute atomic E-state index is 0.349. The van der Waals surface area contributed by atoms with Gasteiger partial charge in [0, 0.05) is 12.1 Å². The van der Waals surface area contributed by atoms with E-state index in [4.69, 9.17) is 0 Å². The molecule has 1 nitrogen and oxygen atoms in total. The molecule has 3 aromatic carbocycles. The highest BCUT2D eigenvalue weighted by atomic mass is 14.9. The van der Waals surface area contributed by atoms with Crippen LogP contribution in [0, 0.1) is 0 Å². The van der Waals surface area contributed by atoms with Gasteiger partial charge in [-0.15, -0.1) is 0 Å². The van der Waals surface area contributed by atoms with E-state index < -0.39 is 0 Å². The molecule has 3 aromatic rings. The molecule has 0 spiro atoms. The molecule has 0 aromatic heterocycles. The predicted molar refractivity (Wildman–Crippen MR) is 93.0 cm³/mol. The summed E-state index contributed by atoms with van der Waals surface area (Å²) in [4.78, 5) is 0. The second-order valence-electron chi connectivity index (χ2n) is 6.25. The zero-order valence-corrected chi connectivity index (χ0v) is 12.9. The van der Waals surface area contributed by atoms with Crippen LogP contribution in [0.4, 0.5) is 0 Å². The summed E-state index contributed by atoms with van der Waals surface area (Å²) in [5.74, 6) is 0. The van der Waals surface area contributed by atoms with E-state index >= 15 is 0 Å². The first-order valence-corrected chi connectivity index (χ1v) is 8.14. The van der Waals surface area contributed by atoms with Crippen molar-refractivity contribution in [3.63, 3.8) is 0 Å². The lowest BCUT2D eigenvalue weighted by Gasteiger charge is -2.22. The van der Waals surface area contributed by atoms with E-state index in [9.17, 15) is 0 Å². The van der Waals surface area contributed by atoms with E-state index in [2.05, 4.69) is 79.0 Å². The average Bonchev–Trinajstić information content (AvgIpc) is 2.97. The molecule has 0 saturated carbocycles. The van der Waals surface area contributed by atoms with Crippen molar-refractivity contribution in [2.75, 3.05) is 0 Å². The minimum atomic E-state index is 0.349. The van der Waals surface area contributed by atoms with Gasteiger partial charge in [-0.2, -0.15) is 0 Å². The van der Waals surface area contributed by atoms with Gasteiger partial charge in [-0.05, 0) is 47.2 Å². The van der Waals surface area contributed by atoms with Crippen molar-refractivity contribution in [3.05, 3.63) is 83.4 Å². The van der Waals surface area contributed by atoms with E-state index in [1.165, 1.54) is 40.3 Å². The zero-order valence-electron chi connectivity index (χ0n) is 12.9. The van der Waals surface area contributed by atoms with Crippen LogP contribution in [-0.2, 0) is 6.42 Å². The average molecular weight is 287 g/mol. The van der Waals surface area contributed by atoms with Crippen LogP contribution < -0.4 is 5.32 Å². The summed E-state index contributed by atoms with van der Waals surface area (Å²) in [6, 6.07) is 24.9. The van der Waals surface area contributed by atoms with Crippen molar-refractivity contribution in [2.24, 2.45) is 0 Å². The molecule has 0 saturated heterocycles. The molecule has 0 fully saturated rings. The summed E-state index contributed by atoms with van der Waals surface area (Å²) in [5.41, 5.74) is 4.38. The van der Waals surface area contributed by atoms with Crippen LogP contribution in [0.5, 0.6) is 0 Å². The van der Waals surface area contributed by atoms with E-state index in [-0.39, 0.29) is 0 Å². The standard InChI is InChI=1S/C21H21N/c1-15(18-12-6-9-16-7-2-4-10-19(16)18)22-21-14-13-17-8-3-5-11-20(17)21/h2-12,15,21-22H,13-14H2,1H3/t15-,21?/m0/s1. The molecule has 0 bridgehead atoms. The van der Waals surface area contributed by atoms with Crippen molar-refractivity contribution in [1.29, 1.82) is 0 Å². The molecule has 1 heteroatoms. The van der Waals surface area contributed by atoms with Gasteiger partial charge in [-0.3, -0.25) is 0 Å². The number of benzene rings is 3. The van der Waals surface area contributed by atoms with Gasteiger partial charge in [0.2, 0.25) is 0 Å². The summed E-state index contributed by atoms with van der Waals surface area (Å²) < 4.78 is 0. The van der Waals surface area contributed by atoms with Crippen LogP contribution in [0.1, 0.15) is 42.1 Å². The SMILES string of the molecule is C[C@H](NC1CCc2ccccc21)c1cccc2ccccc12. The normalized spacial score (nSPS) is 18.3.